The molecule has 1 aliphatic heterocycles. The van der Waals surface area contributed by atoms with E-state index in [0.29, 0.717) is 43.4 Å². The summed E-state index contributed by atoms with van der Waals surface area (Å²) in [6, 6.07) is 8.46. The molecule has 1 saturated heterocycles. The minimum Gasteiger partial charge on any atom is -0.378 e. The summed E-state index contributed by atoms with van der Waals surface area (Å²) in [5.41, 5.74) is 1.83. The maximum Gasteiger partial charge on any atom is 0.293 e. The van der Waals surface area contributed by atoms with Crippen molar-refractivity contribution in [2.45, 2.75) is 0 Å². The third-order valence-corrected chi connectivity index (χ3v) is 4.14. The second kappa shape index (κ2) is 6.89. The summed E-state index contributed by atoms with van der Waals surface area (Å²) in [5.74, 6) is 0.635. The molecule has 26 heavy (non-hydrogen) atoms. The molecule has 9 nitrogen and oxygen atoms in total. The number of nitrogens with zero attached hydrogens (tertiary/aromatic N) is 5. The summed E-state index contributed by atoms with van der Waals surface area (Å²) in [5, 5.41) is 15.5. The van der Waals surface area contributed by atoms with E-state index in [4.69, 9.17) is 9.26 Å². The number of anilines is 1. The van der Waals surface area contributed by atoms with E-state index in [2.05, 4.69) is 15.1 Å². The van der Waals surface area contributed by atoms with Crippen molar-refractivity contribution in [2.75, 3.05) is 31.2 Å². The van der Waals surface area contributed by atoms with Crippen molar-refractivity contribution < 1.29 is 14.2 Å². The average Bonchev–Trinajstić information content (AvgIpc) is 3.19. The molecule has 2 aromatic heterocycles. The zero-order valence-electron chi connectivity index (χ0n) is 13.7. The van der Waals surface area contributed by atoms with Crippen LogP contribution in [-0.2, 0) is 4.74 Å². The fraction of sp³-hybridized carbons (Fsp3) is 0.235. The lowest BCUT2D eigenvalue weighted by Gasteiger charge is -2.28. The molecular formula is C17H15N5O4. The molecule has 0 spiro atoms. The molecule has 0 unspecified atom stereocenters. The quantitative estimate of drug-likeness (QED) is 0.520. The van der Waals surface area contributed by atoms with Gasteiger partial charge in [-0.1, -0.05) is 5.16 Å². The maximum absolute atomic E-state index is 11.5. The predicted molar refractivity (Wildman–Crippen MR) is 92.7 cm³/mol. The number of nitro benzene ring substituents is 1. The third kappa shape index (κ3) is 3.11. The Kier molecular flexibility index (Phi) is 4.28. The molecule has 1 aromatic carbocycles. The van der Waals surface area contributed by atoms with Gasteiger partial charge in [-0.3, -0.25) is 15.1 Å². The van der Waals surface area contributed by atoms with Gasteiger partial charge < -0.3 is 14.2 Å². The Morgan fingerprint density at radius 2 is 1.85 bits per heavy atom. The van der Waals surface area contributed by atoms with Crippen LogP contribution in [0.2, 0.25) is 0 Å². The van der Waals surface area contributed by atoms with Crippen LogP contribution >= 0.6 is 0 Å². The van der Waals surface area contributed by atoms with Crippen molar-refractivity contribution in [2.24, 2.45) is 0 Å². The average molecular weight is 353 g/mol. The molecule has 3 aromatic rings. The number of benzene rings is 1. The van der Waals surface area contributed by atoms with Crippen molar-refractivity contribution in [3.05, 3.63) is 52.8 Å². The van der Waals surface area contributed by atoms with Crippen LogP contribution in [-0.4, -0.2) is 46.4 Å². The van der Waals surface area contributed by atoms with E-state index in [-0.39, 0.29) is 11.6 Å². The van der Waals surface area contributed by atoms with Crippen LogP contribution in [0, 0.1) is 10.1 Å². The van der Waals surface area contributed by atoms with Crippen molar-refractivity contribution in [3.63, 3.8) is 0 Å². The normalized spacial score (nSPS) is 14.4. The Balaban J connectivity index is 1.68. The molecule has 1 fully saturated rings. The summed E-state index contributed by atoms with van der Waals surface area (Å²) in [7, 11) is 0. The third-order valence-electron chi connectivity index (χ3n) is 4.14. The SMILES string of the molecule is O=[N+]([O-])c1cc(-c2nc(-c3ccncc3)no2)ccc1N1CCOCC1. The zero-order chi connectivity index (χ0) is 17.9. The fourth-order valence-electron chi connectivity index (χ4n) is 2.83. The van der Waals surface area contributed by atoms with Crippen molar-refractivity contribution in [3.8, 4) is 22.8 Å². The molecule has 9 heteroatoms. The Bertz CT molecular complexity index is 922. The van der Waals surface area contributed by atoms with Gasteiger partial charge in [-0.05, 0) is 24.3 Å². The van der Waals surface area contributed by atoms with Gasteiger partial charge in [0.2, 0.25) is 5.82 Å². The van der Waals surface area contributed by atoms with Gasteiger partial charge in [0.05, 0.1) is 18.1 Å². The number of nitro groups is 1. The predicted octanol–water partition coefficient (Wildman–Crippen LogP) is 2.54. The van der Waals surface area contributed by atoms with E-state index in [1.165, 1.54) is 6.07 Å². The van der Waals surface area contributed by atoms with E-state index < -0.39 is 4.92 Å². The summed E-state index contributed by atoms with van der Waals surface area (Å²) in [6.45, 7) is 2.34. The number of rotatable bonds is 4. The van der Waals surface area contributed by atoms with Gasteiger partial charge >= 0.3 is 0 Å². The highest BCUT2D eigenvalue weighted by Gasteiger charge is 2.23. The minimum atomic E-state index is -0.394. The van der Waals surface area contributed by atoms with E-state index >= 15 is 0 Å². The molecular weight excluding hydrogens is 338 g/mol. The summed E-state index contributed by atoms with van der Waals surface area (Å²) >= 11 is 0. The Morgan fingerprint density at radius 3 is 2.58 bits per heavy atom. The lowest BCUT2D eigenvalue weighted by Crippen LogP contribution is -2.36. The zero-order valence-corrected chi connectivity index (χ0v) is 13.7. The first-order valence-electron chi connectivity index (χ1n) is 8.08. The van der Waals surface area contributed by atoms with Crippen LogP contribution in [0.4, 0.5) is 11.4 Å². The number of morpholine rings is 1. The summed E-state index contributed by atoms with van der Waals surface area (Å²) in [4.78, 5) is 21.4. The highest BCUT2D eigenvalue weighted by molar-refractivity contribution is 5.71. The van der Waals surface area contributed by atoms with Crippen molar-refractivity contribution in [1.82, 2.24) is 15.1 Å². The summed E-state index contributed by atoms with van der Waals surface area (Å²) < 4.78 is 10.6. The molecule has 3 heterocycles. The second-order valence-corrected chi connectivity index (χ2v) is 5.72. The number of ether oxygens (including phenoxy) is 1. The van der Waals surface area contributed by atoms with Crippen LogP contribution in [0.3, 0.4) is 0 Å². The molecule has 1 aliphatic rings. The van der Waals surface area contributed by atoms with Crippen LogP contribution < -0.4 is 4.90 Å². The molecule has 0 aliphatic carbocycles. The van der Waals surface area contributed by atoms with Gasteiger partial charge in [0.25, 0.3) is 11.6 Å². The van der Waals surface area contributed by atoms with Gasteiger partial charge in [0.1, 0.15) is 5.69 Å². The largest absolute Gasteiger partial charge is 0.378 e. The fourth-order valence-corrected chi connectivity index (χ4v) is 2.83. The van der Waals surface area contributed by atoms with E-state index in [9.17, 15) is 10.1 Å². The first-order valence-corrected chi connectivity index (χ1v) is 8.08. The van der Waals surface area contributed by atoms with E-state index in [0.717, 1.165) is 5.56 Å². The lowest BCUT2D eigenvalue weighted by atomic mass is 10.1. The van der Waals surface area contributed by atoms with E-state index in [1.807, 2.05) is 4.90 Å². The minimum absolute atomic E-state index is 0.00746. The van der Waals surface area contributed by atoms with Crippen LogP contribution in [0.15, 0.2) is 47.2 Å². The molecule has 0 amide bonds. The standard InChI is InChI=1S/C17H15N5O4/c23-22(24)15-11-13(1-2-14(15)21-7-9-25-10-8-21)17-19-16(20-26-17)12-3-5-18-6-4-12/h1-6,11H,7-10H2. The number of hydrogen-bond acceptors (Lipinski definition) is 8. The molecule has 4 rings (SSSR count). The molecule has 0 N–H and O–H groups in total. The number of aromatic nitrogens is 3. The first-order chi connectivity index (χ1) is 12.7. The van der Waals surface area contributed by atoms with Gasteiger partial charge in [-0.25, -0.2) is 0 Å². The monoisotopic (exact) mass is 353 g/mol. The first kappa shape index (κ1) is 16.2. The lowest BCUT2D eigenvalue weighted by molar-refractivity contribution is -0.384. The van der Waals surface area contributed by atoms with E-state index in [1.54, 1.807) is 36.7 Å². The second-order valence-electron chi connectivity index (χ2n) is 5.72. The topological polar surface area (TPSA) is 107 Å². The smallest absolute Gasteiger partial charge is 0.293 e. The number of hydrogen-bond donors (Lipinski definition) is 0. The van der Waals surface area contributed by atoms with Gasteiger partial charge in [0, 0.05) is 42.7 Å². The highest BCUT2D eigenvalue weighted by atomic mass is 16.6. The van der Waals surface area contributed by atoms with Gasteiger partial charge in [-0.15, -0.1) is 0 Å². The molecule has 132 valence electrons. The molecule has 0 bridgehead atoms. The summed E-state index contributed by atoms with van der Waals surface area (Å²) in [6.07, 6.45) is 3.26. The highest BCUT2D eigenvalue weighted by Crippen LogP contribution is 2.33. The Labute approximate surface area is 148 Å². The number of pyridine rings is 1. The van der Waals surface area contributed by atoms with Crippen molar-refractivity contribution in [1.29, 1.82) is 0 Å². The van der Waals surface area contributed by atoms with Crippen LogP contribution in [0.5, 0.6) is 0 Å². The van der Waals surface area contributed by atoms with Crippen molar-refractivity contribution >= 4 is 11.4 Å². The van der Waals surface area contributed by atoms with Crippen LogP contribution in [0.1, 0.15) is 0 Å². The Morgan fingerprint density at radius 1 is 1.08 bits per heavy atom. The molecule has 0 saturated carbocycles. The Hall–Kier alpha value is -3.33. The maximum atomic E-state index is 11.5. The molecule has 0 radical (unpaired) electrons. The van der Waals surface area contributed by atoms with Crippen LogP contribution in [0.25, 0.3) is 22.8 Å². The molecule has 0 atom stereocenters. The van der Waals surface area contributed by atoms with Gasteiger partial charge in [0.15, 0.2) is 0 Å². The van der Waals surface area contributed by atoms with Gasteiger partial charge in [-0.2, -0.15) is 4.98 Å².